The molecule has 0 fully saturated rings. The topological polar surface area (TPSA) is 54.6 Å². The minimum atomic E-state index is -0.452. The quantitative estimate of drug-likeness (QED) is 0.414. The van der Waals surface area contributed by atoms with Gasteiger partial charge >= 0.3 is 0 Å². The van der Waals surface area contributed by atoms with Crippen molar-refractivity contribution in [3.63, 3.8) is 0 Å². The monoisotopic (exact) mass is 426 g/mol. The summed E-state index contributed by atoms with van der Waals surface area (Å²) in [6.07, 6.45) is 0. The maximum absolute atomic E-state index is 13.6. The number of benzene rings is 3. The maximum atomic E-state index is 13.6. The second-order valence-electron chi connectivity index (χ2n) is 6.18. The summed E-state index contributed by atoms with van der Waals surface area (Å²) in [5.41, 5.74) is 1.39. The number of hydrogen-bond acceptors (Lipinski definition) is 3. The van der Waals surface area contributed by atoms with E-state index in [2.05, 4.69) is 10.3 Å². The zero-order chi connectivity index (χ0) is 20.4. The second kappa shape index (κ2) is 8.07. The van der Waals surface area contributed by atoms with E-state index in [-0.39, 0.29) is 16.1 Å². The minimum absolute atomic E-state index is 0.000698. The molecular weight excluding hydrogens is 414 g/mol. The minimum Gasteiger partial charge on any atom is -0.436 e. The lowest BCUT2D eigenvalue weighted by Crippen LogP contribution is -2.21. The largest absolute Gasteiger partial charge is 0.436 e. The van der Waals surface area contributed by atoms with Crippen molar-refractivity contribution >= 4 is 51.5 Å². The van der Waals surface area contributed by atoms with Crippen molar-refractivity contribution in [3.8, 4) is 0 Å². The Morgan fingerprint density at radius 2 is 1.76 bits per heavy atom. The summed E-state index contributed by atoms with van der Waals surface area (Å²) in [7, 11) is 0. The Bertz CT molecular complexity index is 1290. The number of amides is 1. The predicted molar refractivity (Wildman–Crippen MR) is 112 cm³/mol. The normalized spacial score (nSPS) is 11.6. The van der Waals surface area contributed by atoms with E-state index in [1.807, 2.05) is 6.07 Å². The first-order valence-electron chi connectivity index (χ1n) is 8.59. The number of halogens is 3. The highest BCUT2D eigenvalue weighted by Gasteiger charge is 2.15. The molecule has 1 aromatic heterocycles. The summed E-state index contributed by atoms with van der Waals surface area (Å²) in [5, 5.41) is 4.01. The van der Waals surface area contributed by atoms with Gasteiger partial charge in [0.1, 0.15) is 11.4 Å². The molecule has 0 aliphatic heterocycles. The molecule has 0 saturated carbocycles. The number of anilines is 1. The summed E-state index contributed by atoms with van der Waals surface area (Å²) >= 11 is 12.3. The molecule has 1 amide bonds. The first-order chi connectivity index (χ1) is 14.0. The first-order valence-corrected chi connectivity index (χ1v) is 9.35. The third-order valence-electron chi connectivity index (χ3n) is 4.08. The molecule has 1 heterocycles. The highest BCUT2D eigenvalue weighted by molar-refractivity contribution is 6.38. The number of nitrogens with zero attached hydrogens (tertiary/aromatic N) is 1. The van der Waals surface area contributed by atoms with Gasteiger partial charge in [0.05, 0.1) is 10.7 Å². The molecule has 3 aromatic carbocycles. The van der Waals surface area contributed by atoms with Gasteiger partial charge in [-0.1, -0.05) is 47.5 Å². The standard InChI is InChI=1S/C22H13Cl2FN2O2/c23-14-9-13-10-18(21(28)26-16-6-2-1-3-7-16)22(29-20(13)19(24)11-14)27-17-8-4-5-15(25)12-17/h1-12H,(H,26,28). The van der Waals surface area contributed by atoms with Crippen LogP contribution in [-0.2, 0) is 0 Å². The molecule has 0 radical (unpaired) electrons. The van der Waals surface area contributed by atoms with Gasteiger partial charge in [-0.25, -0.2) is 9.38 Å². The van der Waals surface area contributed by atoms with Crippen molar-refractivity contribution in [2.75, 3.05) is 5.32 Å². The van der Waals surface area contributed by atoms with Gasteiger partial charge in [-0.3, -0.25) is 4.79 Å². The van der Waals surface area contributed by atoms with E-state index in [0.29, 0.717) is 27.4 Å². The van der Waals surface area contributed by atoms with E-state index < -0.39 is 11.7 Å². The molecule has 4 nitrogen and oxygen atoms in total. The van der Waals surface area contributed by atoms with Crippen LogP contribution in [0.5, 0.6) is 0 Å². The van der Waals surface area contributed by atoms with Crippen LogP contribution in [0.25, 0.3) is 11.0 Å². The summed E-state index contributed by atoms with van der Waals surface area (Å²) in [6.45, 7) is 0. The van der Waals surface area contributed by atoms with Crippen molar-refractivity contribution in [2.45, 2.75) is 0 Å². The van der Waals surface area contributed by atoms with Crippen LogP contribution in [0.1, 0.15) is 10.4 Å². The number of hydrogen-bond donors (Lipinski definition) is 1. The van der Waals surface area contributed by atoms with E-state index >= 15 is 0 Å². The van der Waals surface area contributed by atoms with Gasteiger partial charge in [-0.05, 0) is 48.5 Å². The Morgan fingerprint density at radius 3 is 2.52 bits per heavy atom. The number of rotatable bonds is 3. The summed E-state index contributed by atoms with van der Waals surface area (Å²) in [5.74, 6) is -0.889. The molecule has 29 heavy (non-hydrogen) atoms. The Labute approximate surface area is 175 Å². The molecular formula is C22H13Cl2FN2O2. The zero-order valence-corrected chi connectivity index (χ0v) is 16.3. The molecule has 4 rings (SSSR count). The van der Waals surface area contributed by atoms with Gasteiger partial charge in [0.25, 0.3) is 5.91 Å². The highest BCUT2D eigenvalue weighted by Crippen LogP contribution is 2.28. The van der Waals surface area contributed by atoms with Crippen LogP contribution in [0.4, 0.5) is 15.8 Å². The molecule has 4 aromatic rings. The lowest BCUT2D eigenvalue weighted by Gasteiger charge is -2.08. The van der Waals surface area contributed by atoms with Crippen LogP contribution < -0.4 is 10.9 Å². The average Bonchev–Trinajstić information content (AvgIpc) is 2.69. The van der Waals surface area contributed by atoms with Crippen molar-refractivity contribution in [3.05, 3.63) is 99.8 Å². The molecule has 0 saturated heterocycles. The Morgan fingerprint density at radius 1 is 0.966 bits per heavy atom. The van der Waals surface area contributed by atoms with Gasteiger partial charge in [0.15, 0.2) is 5.58 Å². The molecule has 144 valence electrons. The predicted octanol–water partition coefficient (Wildman–Crippen LogP) is 6.36. The van der Waals surface area contributed by atoms with E-state index in [1.165, 1.54) is 24.3 Å². The fourth-order valence-corrected chi connectivity index (χ4v) is 3.34. The van der Waals surface area contributed by atoms with Crippen LogP contribution >= 0.6 is 23.2 Å². The summed E-state index contributed by atoms with van der Waals surface area (Å²) < 4.78 is 19.4. The van der Waals surface area contributed by atoms with Crippen molar-refractivity contribution in [1.29, 1.82) is 0 Å². The Hall–Kier alpha value is -3.15. The highest BCUT2D eigenvalue weighted by atomic mass is 35.5. The first kappa shape index (κ1) is 19.2. The SMILES string of the molecule is O=C(Nc1ccccc1)c1cc2cc(Cl)cc(Cl)c2oc1=Nc1cccc(F)c1. The van der Waals surface area contributed by atoms with Crippen LogP contribution in [0, 0.1) is 5.82 Å². The number of para-hydroxylation sites is 1. The van der Waals surface area contributed by atoms with Crippen molar-refractivity contribution in [1.82, 2.24) is 0 Å². The summed E-state index contributed by atoms with van der Waals surface area (Å²) in [4.78, 5) is 17.3. The fraction of sp³-hybridized carbons (Fsp3) is 0. The van der Waals surface area contributed by atoms with Gasteiger partial charge in [0.2, 0.25) is 5.55 Å². The third kappa shape index (κ3) is 4.31. The lowest BCUT2D eigenvalue weighted by molar-refractivity contribution is 0.102. The van der Waals surface area contributed by atoms with Crippen molar-refractivity contribution < 1.29 is 13.6 Å². The molecule has 0 aliphatic rings. The molecule has 1 N–H and O–H groups in total. The van der Waals surface area contributed by atoms with Crippen LogP contribution in [0.2, 0.25) is 10.0 Å². The number of fused-ring (bicyclic) bond motifs is 1. The van der Waals surface area contributed by atoms with Crippen molar-refractivity contribution in [2.24, 2.45) is 4.99 Å². The maximum Gasteiger partial charge on any atom is 0.261 e. The third-order valence-corrected chi connectivity index (χ3v) is 4.58. The molecule has 0 atom stereocenters. The van der Waals surface area contributed by atoms with Crippen LogP contribution in [0.15, 0.2) is 82.2 Å². The van der Waals surface area contributed by atoms with Gasteiger partial charge in [-0.15, -0.1) is 0 Å². The lowest BCUT2D eigenvalue weighted by atomic mass is 10.1. The average molecular weight is 427 g/mol. The van der Waals surface area contributed by atoms with Gasteiger partial charge in [0, 0.05) is 16.1 Å². The van der Waals surface area contributed by atoms with E-state index in [0.717, 1.165) is 0 Å². The zero-order valence-electron chi connectivity index (χ0n) is 14.8. The van der Waals surface area contributed by atoms with Gasteiger partial charge in [-0.2, -0.15) is 0 Å². The van der Waals surface area contributed by atoms with Crippen LogP contribution in [-0.4, -0.2) is 5.91 Å². The Kier molecular flexibility index (Phi) is 5.34. The molecule has 0 unspecified atom stereocenters. The molecule has 7 heteroatoms. The summed E-state index contributed by atoms with van der Waals surface area (Å²) in [6, 6.07) is 19.4. The fourth-order valence-electron chi connectivity index (χ4n) is 2.79. The Balaban J connectivity index is 1.91. The molecule has 0 aliphatic carbocycles. The number of carbonyl (C=O) groups excluding carboxylic acids is 1. The molecule has 0 spiro atoms. The number of carbonyl (C=O) groups is 1. The molecule has 0 bridgehead atoms. The van der Waals surface area contributed by atoms with Gasteiger partial charge < -0.3 is 9.73 Å². The van der Waals surface area contributed by atoms with Crippen LogP contribution in [0.3, 0.4) is 0 Å². The van der Waals surface area contributed by atoms with E-state index in [4.69, 9.17) is 27.6 Å². The van der Waals surface area contributed by atoms with E-state index in [1.54, 1.807) is 42.5 Å². The number of nitrogens with one attached hydrogen (secondary N) is 1. The van der Waals surface area contributed by atoms with E-state index in [9.17, 15) is 9.18 Å². The second-order valence-corrected chi connectivity index (χ2v) is 7.03. The smallest absolute Gasteiger partial charge is 0.261 e.